The summed E-state index contributed by atoms with van der Waals surface area (Å²) in [5.74, 6) is 0.949. The number of carbonyl (C=O) groups is 2. The molecule has 0 spiro atoms. The average Bonchev–Trinajstić information content (AvgIpc) is 3.62. The van der Waals surface area contributed by atoms with Crippen molar-refractivity contribution in [1.29, 1.82) is 0 Å². The van der Waals surface area contributed by atoms with Crippen molar-refractivity contribution in [2.45, 2.75) is 44.5 Å². The van der Waals surface area contributed by atoms with E-state index < -0.39 is 0 Å². The molecule has 38 heavy (non-hydrogen) atoms. The van der Waals surface area contributed by atoms with Crippen LogP contribution in [0.4, 0.5) is 5.00 Å². The van der Waals surface area contributed by atoms with Gasteiger partial charge >= 0.3 is 5.97 Å². The molecule has 0 unspecified atom stereocenters. The van der Waals surface area contributed by atoms with E-state index in [2.05, 4.69) is 15.5 Å². The first-order valence-corrected chi connectivity index (χ1v) is 14.3. The summed E-state index contributed by atoms with van der Waals surface area (Å²) in [6.07, 6.45) is 2.78. The second-order valence-electron chi connectivity index (χ2n) is 8.69. The maximum absolute atomic E-state index is 13.0. The summed E-state index contributed by atoms with van der Waals surface area (Å²) in [6.45, 7) is 2.88. The molecule has 0 saturated carbocycles. The number of carbonyl (C=O) groups excluding carboxylic acids is 2. The monoisotopic (exact) mass is 548 g/mol. The summed E-state index contributed by atoms with van der Waals surface area (Å²) in [4.78, 5) is 26.8. The van der Waals surface area contributed by atoms with Gasteiger partial charge in [-0.15, -0.1) is 21.5 Å². The molecule has 4 aromatic rings. The molecule has 1 aliphatic rings. The minimum Gasteiger partial charge on any atom is -0.486 e. The predicted molar refractivity (Wildman–Crippen MR) is 148 cm³/mol. The van der Waals surface area contributed by atoms with E-state index in [1.807, 2.05) is 65.2 Å². The number of hydrogen-bond acceptors (Lipinski definition) is 8. The van der Waals surface area contributed by atoms with Crippen LogP contribution in [-0.2, 0) is 35.5 Å². The molecule has 0 saturated heterocycles. The van der Waals surface area contributed by atoms with Crippen LogP contribution >= 0.6 is 23.1 Å². The van der Waals surface area contributed by atoms with Crippen molar-refractivity contribution in [2.24, 2.45) is 0 Å². The van der Waals surface area contributed by atoms with Crippen LogP contribution in [-0.4, -0.2) is 39.0 Å². The van der Waals surface area contributed by atoms with Crippen LogP contribution in [0.25, 0.3) is 0 Å². The molecule has 1 amide bonds. The lowest BCUT2D eigenvalue weighted by Crippen LogP contribution is -2.17. The maximum Gasteiger partial charge on any atom is 0.341 e. The molecule has 8 nitrogen and oxygen atoms in total. The Morgan fingerprint density at radius 3 is 2.58 bits per heavy atom. The standard InChI is InChI=1S/C28H28N4O4S2/c1-2-35-27(34)25-21-14-9-15-22(21)38-26(25)29-24(33)18-37-28-31-30-23(17-36-20-12-7-4-8-13-20)32(28)16-19-10-5-3-6-11-19/h3-8,10-13H,2,9,14-18H2,1H3,(H,29,33). The van der Waals surface area contributed by atoms with Crippen LogP contribution < -0.4 is 10.1 Å². The quantitative estimate of drug-likeness (QED) is 0.199. The van der Waals surface area contributed by atoms with Gasteiger partial charge in [-0.2, -0.15) is 0 Å². The van der Waals surface area contributed by atoms with E-state index >= 15 is 0 Å². The highest BCUT2D eigenvalue weighted by molar-refractivity contribution is 7.99. The maximum atomic E-state index is 13.0. The molecule has 0 bridgehead atoms. The SMILES string of the molecule is CCOC(=O)c1c(NC(=O)CSc2nnc(COc3ccccc3)n2Cc2ccccc2)sc2c1CCC2. The summed E-state index contributed by atoms with van der Waals surface area (Å²) in [5.41, 5.74) is 2.61. The first-order valence-electron chi connectivity index (χ1n) is 12.5. The van der Waals surface area contributed by atoms with Gasteiger partial charge in [0.1, 0.15) is 17.4 Å². The number of thiophene rings is 1. The van der Waals surface area contributed by atoms with Gasteiger partial charge in [-0.3, -0.25) is 9.36 Å². The smallest absolute Gasteiger partial charge is 0.341 e. The average molecular weight is 549 g/mol. The molecule has 0 atom stereocenters. The van der Waals surface area contributed by atoms with E-state index in [4.69, 9.17) is 9.47 Å². The third-order valence-electron chi connectivity index (χ3n) is 6.07. The number of para-hydroxylation sites is 1. The number of rotatable bonds is 11. The molecular weight excluding hydrogens is 520 g/mol. The van der Waals surface area contributed by atoms with Gasteiger partial charge in [0.25, 0.3) is 0 Å². The Bertz CT molecular complexity index is 1400. The van der Waals surface area contributed by atoms with E-state index in [9.17, 15) is 9.59 Å². The van der Waals surface area contributed by atoms with E-state index in [0.717, 1.165) is 41.0 Å². The van der Waals surface area contributed by atoms with Gasteiger partial charge in [0.15, 0.2) is 11.0 Å². The van der Waals surface area contributed by atoms with E-state index in [1.165, 1.54) is 23.1 Å². The largest absolute Gasteiger partial charge is 0.486 e. The van der Waals surface area contributed by atoms with Crippen LogP contribution in [0.3, 0.4) is 0 Å². The number of thioether (sulfide) groups is 1. The molecule has 2 heterocycles. The molecule has 0 fully saturated rings. The highest BCUT2D eigenvalue weighted by atomic mass is 32.2. The Kier molecular flexibility index (Phi) is 8.40. The Hall–Kier alpha value is -3.63. The molecule has 10 heteroatoms. The summed E-state index contributed by atoms with van der Waals surface area (Å²) >= 11 is 2.78. The van der Waals surface area contributed by atoms with E-state index in [1.54, 1.807) is 6.92 Å². The van der Waals surface area contributed by atoms with E-state index in [-0.39, 0.29) is 24.2 Å². The molecule has 5 rings (SSSR count). The topological polar surface area (TPSA) is 95.3 Å². The number of ether oxygens (including phenoxy) is 2. The number of aromatic nitrogens is 3. The minimum absolute atomic E-state index is 0.122. The zero-order chi connectivity index (χ0) is 26.3. The number of nitrogens with one attached hydrogen (secondary N) is 1. The molecule has 2 aromatic heterocycles. The number of nitrogens with zero attached hydrogens (tertiary/aromatic N) is 3. The number of hydrogen-bond donors (Lipinski definition) is 1. The fraction of sp³-hybridized carbons (Fsp3) is 0.286. The zero-order valence-electron chi connectivity index (χ0n) is 21.0. The lowest BCUT2D eigenvalue weighted by Gasteiger charge is -2.11. The molecule has 1 N–H and O–H groups in total. The first-order chi connectivity index (χ1) is 18.6. The number of amides is 1. The second kappa shape index (κ2) is 12.3. The van der Waals surface area contributed by atoms with Crippen molar-refractivity contribution in [1.82, 2.24) is 14.8 Å². The highest BCUT2D eigenvalue weighted by Gasteiger charge is 2.28. The van der Waals surface area contributed by atoms with Gasteiger partial charge < -0.3 is 14.8 Å². The highest BCUT2D eigenvalue weighted by Crippen LogP contribution is 2.39. The summed E-state index contributed by atoms with van der Waals surface area (Å²) in [6, 6.07) is 19.6. The van der Waals surface area contributed by atoms with Gasteiger partial charge in [0.2, 0.25) is 5.91 Å². The third-order valence-corrected chi connectivity index (χ3v) is 8.25. The molecular formula is C28H28N4O4S2. The summed E-state index contributed by atoms with van der Waals surface area (Å²) < 4.78 is 13.2. The Labute approximate surface area is 229 Å². The Morgan fingerprint density at radius 2 is 1.82 bits per heavy atom. The predicted octanol–water partition coefficient (Wildman–Crippen LogP) is 5.36. The fourth-order valence-electron chi connectivity index (χ4n) is 4.33. The van der Waals surface area contributed by atoms with Gasteiger partial charge in [-0.25, -0.2) is 4.79 Å². The molecule has 196 valence electrons. The third kappa shape index (κ3) is 6.08. The number of fused-ring (bicyclic) bond motifs is 1. The van der Waals surface area contributed by atoms with Crippen molar-refractivity contribution in [2.75, 3.05) is 17.7 Å². The second-order valence-corrected chi connectivity index (χ2v) is 10.7. The van der Waals surface area contributed by atoms with Gasteiger partial charge in [-0.05, 0) is 49.4 Å². The first kappa shape index (κ1) is 26.0. The van der Waals surface area contributed by atoms with Crippen LogP contribution in [0.15, 0.2) is 65.8 Å². The molecule has 0 radical (unpaired) electrons. The summed E-state index contributed by atoms with van der Waals surface area (Å²) in [7, 11) is 0. The van der Waals surface area contributed by atoms with Gasteiger partial charge in [0, 0.05) is 4.88 Å². The minimum atomic E-state index is -0.375. The molecule has 1 aliphatic carbocycles. The van der Waals surface area contributed by atoms with Crippen LogP contribution in [0.5, 0.6) is 5.75 Å². The van der Waals surface area contributed by atoms with Crippen LogP contribution in [0.2, 0.25) is 0 Å². The van der Waals surface area contributed by atoms with Crippen molar-refractivity contribution in [3.63, 3.8) is 0 Å². The number of esters is 1. The molecule has 0 aliphatic heterocycles. The number of anilines is 1. The van der Waals surface area contributed by atoms with Crippen molar-refractivity contribution >= 4 is 40.0 Å². The fourth-order valence-corrected chi connectivity index (χ4v) is 6.38. The lowest BCUT2D eigenvalue weighted by atomic mass is 10.1. The number of aryl methyl sites for hydroxylation is 1. The van der Waals surface area contributed by atoms with Crippen molar-refractivity contribution < 1.29 is 19.1 Å². The van der Waals surface area contributed by atoms with Gasteiger partial charge in [-0.1, -0.05) is 60.3 Å². The van der Waals surface area contributed by atoms with Crippen molar-refractivity contribution in [3.05, 3.63) is 88.1 Å². The van der Waals surface area contributed by atoms with Gasteiger partial charge in [0.05, 0.1) is 24.5 Å². The Morgan fingerprint density at radius 1 is 1.05 bits per heavy atom. The van der Waals surface area contributed by atoms with Crippen LogP contribution in [0.1, 0.15) is 45.5 Å². The van der Waals surface area contributed by atoms with E-state index in [0.29, 0.717) is 34.7 Å². The summed E-state index contributed by atoms with van der Waals surface area (Å²) in [5, 5.41) is 12.9. The number of benzene rings is 2. The van der Waals surface area contributed by atoms with Crippen LogP contribution in [0, 0.1) is 0 Å². The zero-order valence-corrected chi connectivity index (χ0v) is 22.6. The normalized spacial score (nSPS) is 12.2. The molecule has 2 aromatic carbocycles. The Balaban J connectivity index is 1.29. The lowest BCUT2D eigenvalue weighted by molar-refractivity contribution is -0.113. The van der Waals surface area contributed by atoms with Crippen molar-refractivity contribution in [3.8, 4) is 5.75 Å².